The average Bonchev–Trinajstić information content (AvgIpc) is 2.72. The smallest absolute Gasteiger partial charge is 0.338 e. The molecular weight excluding hydrogens is 352 g/mol. The summed E-state index contributed by atoms with van der Waals surface area (Å²) in [6.45, 7) is 2.47. The third-order valence-corrected chi connectivity index (χ3v) is 4.64. The molecule has 0 spiro atoms. The lowest BCUT2D eigenvalue weighted by atomic mass is 9.93. The van der Waals surface area contributed by atoms with E-state index in [0.717, 1.165) is 16.3 Å². The maximum Gasteiger partial charge on any atom is 0.338 e. The first-order chi connectivity index (χ1) is 13.6. The minimum absolute atomic E-state index is 0.0663. The maximum atomic E-state index is 12.5. The second-order valence-electron chi connectivity index (χ2n) is 6.59. The molecule has 3 aromatic rings. The molecule has 1 amide bonds. The molecule has 1 atom stereocenters. The first kappa shape index (κ1) is 19.6. The van der Waals surface area contributed by atoms with Crippen molar-refractivity contribution in [2.75, 3.05) is 18.5 Å². The first-order valence-electron chi connectivity index (χ1n) is 9.36. The zero-order valence-corrected chi connectivity index (χ0v) is 15.9. The molecule has 144 valence electrons. The molecule has 0 aliphatic carbocycles. The van der Waals surface area contributed by atoms with Crippen LogP contribution < -0.4 is 11.1 Å². The Morgan fingerprint density at radius 3 is 2.39 bits per heavy atom. The predicted octanol–water partition coefficient (Wildman–Crippen LogP) is 4.09. The number of amides is 1. The number of ether oxygens (including phenoxy) is 1. The van der Waals surface area contributed by atoms with Crippen molar-refractivity contribution < 1.29 is 14.3 Å². The topological polar surface area (TPSA) is 81.4 Å². The summed E-state index contributed by atoms with van der Waals surface area (Å²) in [5.41, 5.74) is 8.08. The van der Waals surface area contributed by atoms with Crippen LogP contribution in [0.5, 0.6) is 0 Å². The lowest BCUT2D eigenvalue weighted by molar-refractivity contribution is -0.116. The molecule has 0 aliphatic rings. The van der Waals surface area contributed by atoms with Crippen LogP contribution in [-0.4, -0.2) is 25.0 Å². The van der Waals surface area contributed by atoms with Crippen LogP contribution in [0.25, 0.3) is 10.8 Å². The van der Waals surface area contributed by atoms with Gasteiger partial charge in [0.15, 0.2) is 0 Å². The van der Waals surface area contributed by atoms with Crippen LogP contribution in [0.2, 0.25) is 0 Å². The van der Waals surface area contributed by atoms with Crippen LogP contribution >= 0.6 is 0 Å². The fraction of sp³-hybridized carbons (Fsp3) is 0.217. The third-order valence-electron chi connectivity index (χ3n) is 4.64. The van der Waals surface area contributed by atoms with Gasteiger partial charge in [-0.3, -0.25) is 4.79 Å². The Kier molecular flexibility index (Phi) is 6.40. The number of hydrogen-bond donors (Lipinski definition) is 2. The molecule has 0 aromatic heterocycles. The number of nitrogens with two attached hydrogens (primary N) is 1. The summed E-state index contributed by atoms with van der Waals surface area (Å²) in [6, 6.07) is 20.9. The van der Waals surface area contributed by atoms with Gasteiger partial charge in [0, 0.05) is 18.0 Å². The average molecular weight is 376 g/mol. The molecule has 3 aromatic carbocycles. The number of fused-ring (bicyclic) bond motifs is 1. The predicted molar refractivity (Wildman–Crippen MR) is 111 cm³/mol. The van der Waals surface area contributed by atoms with Crippen molar-refractivity contribution in [1.29, 1.82) is 0 Å². The van der Waals surface area contributed by atoms with Gasteiger partial charge in [-0.1, -0.05) is 42.5 Å². The first-order valence-corrected chi connectivity index (χ1v) is 9.36. The molecule has 0 heterocycles. The van der Waals surface area contributed by atoms with Gasteiger partial charge in [0.25, 0.3) is 0 Å². The number of anilines is 1. The van der Waals surface area contributed by atoms with Crippen molar-refractivity contribution >= 4 is 28.3 Å². The van der Waals surface area contributed by atoms with Gasteiger partial charge in [-0.2, -0.15) is 0 Å². The molecule has 0 bridgehead atoms. The summed E-state index contributed by atoms with van der Waals surface area (Å²) in [4.78, 5) is 24.2. The molecule has 5 heteroatoms. The Labute approximate surface area is 164 Å². The maximum absolute atomic E-state index is 12.5. The number of nitrogens with one attached hydrogen (secondary N) is 1. The number of carbonyl (C=O) groups excluding carboxylic acids is 2. The summed E-state index contributed by atoms with van der Waals surface area (Å²) in [7, 11) is 0. The molecule has 0 radical (unpaired) electrons. The highest BCUT2D eigenvalue weighted by molar-refractivity contribution is 5.93. The van der Waals surface area contributed by atoms with Crippen LogP contribution in [0.3, 0.4) is 0 Å². The van der Waals surface area contributed by atoms with Crippen molar-refractivity contribution in [3.63, 3.8) is 0 Å². The van der Waals surface area contributed by atoms with Gasteiger partial charge in [-0.05, 0) is 54.1 Å². The zero-order chi connectivity index (χ0) is 19.9. The summed E-state index contributed by atoms with van der Waals surface area (Å²) < 4.78 is 4.96. The van der Waals surface area contributed by atoms with E-state index in [9.17, 15) is 9.59 Å². The van der Waals surface area contributed by atoms with E-state index < -0.39 is 0 Å². The van der Waals surface area contributed by atoms with Gasteiger partial charge in [0.2, 0.25) is 5.91 Å². The van der Waals surface area contributed by atoms with Crippen molar-refractivity contribution in [2.45, 2.75) is 19.3 Å². The summed E-state index contributed by atoms with van der Waals surface area (Å²) in [6.07, 6.45) is 0.286. The molecule has 0 fully saturated rings. The molecule has 1 unspecified atom stereocenters. The Hall–Kier alpha value is -3.18. The van der Waals surface area contributed by atoms with Crippen LogP contribution in [0, 0.1) is 0 Å². The SMILES string of the molecule is CCOC(=O)c1ccc(NC(=O)CC(CN)c2ccc3ccccc3c2)cc1. The number of rotatable bonds is 7. The van der Waals surface area contributed by atoms with Gasteiger partial charge in [-0.25, -0.2) is 4.79 Å². The number of benzene rings is 3. The van der Waals surface area contributed by atoms with E-state index in [1.54, 1.807) is 31.2 Å². The fourth-order valence-electron chi connectivity index (χ4n) is 3.14. The van der Waals surface area contributed by atoms with Gasteiger partial charge in [0.05, 0.1) is 12.2 Å². The Bertz CT molecular complexity index is 967. The van der Waals surface area contributed by atoms with E-state index in [-0.39, 0.29) is 24.2 Å². The van der Waals surface area contributed by atoms with Crippen molar-refractivity contribution in [3.05, 3.63) is 77.9 Å². The van der Waals surface area contributed by atoms with E-state index in [4.69, 9.17) is 10.5 Å². The van der Waals surface area contributed by atoms with Crippen LogP contribution in [0.15, 0.2) is 66.7 Å². The highest BCUT2D eigenvalue weighted by atomic mass is 16.5. The number of hydrogen-bond acceptors (Lipinski definition) is 4. The van der Waals surface area contributed by atoms with Gasteiger partial charge < -0.3 is 15.8 Å². The standard InChI is InChI=1S/C23H24N2O3/c1-2-28-23(27)17-9-11-21(12-10-17)25-22(26)14-20(15-24)19-8-7-16-5-3-4-6-18(16)13-19/h3-13,20H,2,14-15,24H2,1H3,(H,25,26). The molecule has 28 heavy (non-hydrogen) atoms. The highest BCUT2D eigenvalue weighted by Crippen LogP contribution is 2.24. The minimum Gasteiger partial charge on any atom is -0.462 e. The second kappa shape index (κ2) is 9.15. The van der Waals surface area contributed by atoms with Gasteiger partial charge >= 0.3 is 5.97 Å². The lowest BCUT2D eigenvalue weighted by Crippen LogP contribution is -2.21. The van der Waals surface area contributed by atoms with E-state index in [2.05, 4.69) is 29.6 Å². The van der Waals surface area contributed by atoms with E-state index >= 15 is 0 Å². The lowest BCUT2D eigenvalue weighted by Gasteiger charge is -2.16. The van der Waals surface area contributed by atoms with E-state index in [1.807, 2.05) is 18.2 Å². The molecule has 0 saturated heterocycles. The van der Waals surface area contributed by atoms with Crippen molar-refractivity contribution in [1.82, 2.24) is 0 Å². The Morgan fingerprint density at radius 1 is 1.00 bits per heavy atom. The molecule has 0 saturated carbocycles. The quantitative estimate of drug-likeness (QED) is 0.609. The minimum atomic E-state index is -0.375. The molecule has 5 nitrogen and oxygen atoms in total. The molecule has 3 N–H and O–H groups in total. The van der Waals surface area contributed by atoms with Crippen molar-refractivity contribution in [2.24, 2.45) is 5.73 Å². The summed E-state index contributed by atoms with van der Waals surface area (Å²) >= 11 is 0. The molecule has 0 aliphatic heterocycles. The van der Waals surface area contributed by atoms with Crippen molar-refractivity contribution in [3.8, 4) is 0 Å². The summed E-state index contributed by atoms with van der Waals surface area (Å²) in [5, 5.41) is 5.16. The largest absolute Gasteiger partial charge is 0.462 e. The number of carbonyl (C=O) groups is 2. The zero-order valence-electron chi connectivity index (χ0n) is 15.9. The van der Waals surface area contributed by atoms with Gasteiger partial charge in [-0.15, -0.1) is 0 Å². The van der Waals surface area contributed by atoms with E-state index in [0.29, 0.717) is 24.4 Å². The van der Waals surface area contributed by atoms with Crippen LogP contribution in [-0.2, 0) is 9.53 Å². The molecular formula is C23H24N2O3. The summed E-state index contributed by atoms with van der Waals surface area (Å²) in [5.74, 6) is -0.559. The number of esters is 1. The second-order valence-corrected chi connectivity index (χ2v) is 6.59. The van der Waals surface area contributed by atoms with Gasteiger partial charge in [0.1, 0.15) is 0 Å². The Morgan fingerprint density at radius 2 is 1.71 bits per heavy atom. The highest BCUT2D eigenvalue weighted by Gasteiger charge is 2.16. The van der Waals surface area contributed by atoms with Crippen LogP contribution in [0.4, 0.5) is 5.69 Å². The monoisotopic (exact) mass is 376 g/mol. The Balaban J connectivity index is 1.65. The fourth-order valence-corrected chi connectivity index (χ4v) is 3.14. The van der Waals surface area contributed by atoms with Crippen LogP contribution in [0.1, 0.15) is 35.2 Å². The molecule has 3 rings (SSSR count). The third kappa shape index (κ3) is 4.75. The normalized spacial score (nSPS) is 11.8. The van der Waals surface area contributed by atoms with E-state index in [1.165, 1.54) is 0 Å².